The van der Waals surface area contributed by atoms with Gasteiger partial charge in [-0.15, -0.1) is 12.4 Å². The summed E-state index contributed by atoms with van der Waals surface area (Å²) < 4.78 is 0. The molecule has 0 saturated heterocycles. The molecule has 1 aliphatic carbocycles. The molecule has 0 atom stereocenters. The zero-order valence-corrected chi connectivity index (χ0v) is 9.12. The molecule has 1 aliphatic rings. The van der Waals surface area contributed by atoms with Crippen LogP contribution in [0.4, 0.5) is 0 Å². The summed E-state index contributed by atoms with van der Waals surface area (Å²) in [4.78, 5) is 11.0. The van der Waals surface area contributed by atoms with Crippen LogP contribution in [0.3, 0.4) is 0 Å². The minimum absolute atomic E-state index is 0. The Hall–Kier alpha value is -1.80. The predicted octanol–water partition coefficient (Wildman–Crippen LogP) is 3.45. The summed E-state index contributed by atoms with van der Waals surface area (Å²) in [6.45, 7) is 0. The van der Waals surface area contributed by atoms with E-state index in [0.717, 1.165) is 22.3 Å². The zero-order chi connectivity index (χ0) is 10.4. The van der Waals surface area contributed by atoms with Gasteiger partial charge in [-0.3, -0.25) is 0 Å². The van der Waals surface area contributed by atoms with E-state index in [1.807, 2.05) is 30.3 Å². The van der Waals surface area contributed by atoms with E-state index >= 15 is 0 Å². The van der Waals surface area contributed by atoms with E-state index in [4.69, 9.17) is 5.11 Å². The maximum absolute atomic E-state index is 11.0. The van der Waals surface area contributed by atoms with Crippen LogP contribution in [-0.4, -0.2) is 11.1 Å². The molecule has 0 fully saturated rings. The molecule has 1 N–H and O–H groups in total. The highest BCUT2D eigenvalue weighted by molar-refractivity contribution is 6.11. The number of rotatable bonds is 1. The molecule has 2 aromatic carbocycles. The fourth-order valence-corrected chi connectivity index (χ4v) is 2.12. The number of halogens is 1. The van der Waals surface area contributed by atoms with Gasteiger partial charge in [-0.05, 0) is 22.8 Å². The third kappa shape index (κ3) is 1.24. The third-order valence-corrected chi connectivity index (χ3v) is 2.78. The lowest BCUT2D eigenvalue weighted by Crippen LogP contribution is -2.07. The molecule has 3 heteroatoms. The van der Waals surface area contributed by atoms with Crippen LogP contribution >= 0.6 is 12.4 Å². The molecular weight excluding hydrogens is 224 g/mol. The summed E-state index contributed by atoms with van der Waals surface area (Å²) in [7, 11) is 0. The van der Waals surface area contributed by atoms with E-state index in [0.29, 0.717) is 5.56 Å². The predicted molar refractivity (Wildman–Crippen MR) is 65.1 cm³/mol. The Labute approximate surface area is 99.0 Å². The summed E-state index contributed by atoms with van der Waals surface area (Å²) in [5.41, 5.74) is 4.51. The van der Waals surface area contributed by atoms with Crippen LogP contribution in [0.25, 0.3) is 22.3 Å². The van der Waals surface area contributed by atoms with Crippen LogP contribution < -0.4 is 0 Å². The quantitative estimate of drug-likeness (QED) is 0.698. The fraction of sp³-hybridized carbons (Fsp3) is 0. The van der Waals surface area contributed by atoms with Crippen LogP contribution in [0.5, 0.6) is 0 Å². The van der Waals surface area contributed by atoms with Gasteiger partial charge < -0.3 is 5.11 Å². The van der Waals surface area contributed by atoms with Crippen molar-refractivity contribution in [1.29, 1.82) is 0 Å². The second-order valence-corrected chi connectivity index (χ2v) is 3.58. The Balaban J connectivity index is 0.000000963. The molecule has 0 amide bonds. The lowest BCUT2D eigenvalue weighted by atomic mass is 9.78. The smallest absolute Gasteiger partial charge is 0.336 e. The second kappa shape index (κ2) is 3.65. The molecule has 80 valence electrons. The van der Waals surface area contributed by atoms with Gasteiger partial charge in [0.2, 0.25) is 0 Å². The Morgan fingerprint density at radius 3 is 2.19 bits per heavy atom. The molecule has 0 saturated carbocycles. The maximum atomic E-state index is 11.0. The number of carboxylic acid groups (broad SMARTS) is 1. The first-order valence-electron chi connectivity index (χ1n) is 4.75. The van der Waals surface area contributed by atoms with Gasteiger partial charge in [0.05, 0.1) is 5.56 Å². The minimum atomic E-state index is -0.860. The van der Waals surface area contributed by atoms with Crippen LogP contribution in [0.2, 0.25) is 0 Å². The second-order valence-electron chi connectivity index (χ2n) is 3.58. The van der Waals surface area contributed by atoms with E-state index < -0.39 is 5.97 Å². The van der Waals surface area contributed by atoms with Crippen molar-refractivity contribution in [2.75, 3.05) is 0 Å². The van der Waals surface area contributed by atoms with Gasteiger partial charge in [-0.1, -0.05) is 36.4 Å². The summed E-state index contributed by atoms with van der Waals surface area (Å²) in [5.74, 6) is -0.860. The van der Waals surface area contributed by atoms with Crippen molar-refractivity contribution >= 4 is 18.4 Å². The Kier molecular flexibility index (Phi) is 2.44. The zero-order valence-electron chi connectivity index (χ0n) is 8.31. The largest absolute Gasteiger partial charge is 0.478 e. The van der Waals surface area contributed by atoms with Gasteiger partial charge in [0, 0.05) is 5.56 Å². The highest BCUT2D eigenvalue weighted by atomic mass is 35.5. The van der Waals surface area contributed by atoms with E-state index in [-0.39, 0.29) is 12.4 Å². The Morgan fingerprint density at radius 2 is 1.50 bits per heavy atom. The molecule has 0 aromatic heterocycles. The van der Waals surface area contributed by atoms with Gasteiger partial charge in [0.15, 0.2) is 0 Å². The molecule has 0 bridgehead atoms. The van der Waals surface area contributed by atoms with E-state index in [9.17, 15) is 4.79 Å². The Morgan fingerprint density at radius 1 is 0.875 bits per heavy atom. The SMILES string of the molecule is Cl.O=C(O)c1cccc2c1-c1ccccc1-2. The average molecular weight is 233 g/mol. The average Bonchev–Trinajstić information content (AvgIpc) is 2.24. The van der Waals surface area contributed by atoms with Gasteiger partial charge in [0.1, 0.15) is 0 Å². The molecule has 2 nitrogen and oxygen atoms in total. The number of hydrogen-bond donors (Lipinski definition) is 1. The molecule has 3 rings (SSSR count). The van der Waals surface area contributed by atoms with Crippen molar-refractivity contribution in [2.45, 2.75) is 0 Å². The van der Waals surface area contributed by atoms with Gasteiger partial charge in [-0.25, -0.2) is 4.79 Å². The number of aromatic carboxylic acids is 1. The van der Waals surface area contributed by atoms with Crippen molar-refractivity contribution in [2.24, 2.45) is 0 Å². The fourth-order valence-electron chi connectivity index (χ4n) is 2.12. The normalized spacial score (nSPS) is 10.5. The van der Waals surface area contributed by atoms with Crippen molar-refractivity contribution in [3.63, 3.8) is 0 Å². The van der Waals surface area contributed by atoms with Crippen molar-refractivity contribution in [3.05, 3.63) is 48.0 Å². The van der Waals surface area contributed by atoms with E-state index in [2.05, 4.69) is 0 Å². The molecule has 0 unspecified atom stereocenters. The van der Waals surface area contributed by atoms with Gasteiger partial charge >= 0.3 is 5.97 Å². The van der Waals surface area contributed by atoms with E-state index in [1.165, 1.54) is 0 Å². The number of carbonyl (C=O) groups is 1. The summed E-state index contributed by atoms with van der Waals surface area (Å²) in [6, 6.07) is 13.3. The van der Waals surface area contributed by atoms with E-state index in [1.54, 1.807) is 12.1 Å². The van der Waals surface area contributed by atoms with Crippen molar-refractivity contribution < 1.29 is 9.90 Å². The lowest BCUT2D eigenvalue weighted by molar-refractivity contribution is 0.0697. The number of fused-ring (bicyclic) bond motifs is 4. The van der Waals surface area contributed by atoms with Crippen LogP contribution in [0.1, 0.15) is 10.4 Å². The molecule has 0 radical (unpaired) electrons. The number of benzene rings is 2. The van der Waals surface area contributed by atoms with Crippen molar-refractivity contribution in [3.8, 4) is 22.3 Å². The van der Waals surface area contributed by atoms with Gasteiger partial charge in [0.25, 0.3) is 0 Å². The number of hydrogen-bond acceptors (Lipinski definition) is 1. The first-order valence-corrected chi connectivity index (χ1v) is 4.75. The van der Waals surface area contributed by atoms with Gasteiger partial charge in [-0.2, -0.15) is 0 Å². The summed E-state index contributed by atoms with van der Waals surface area (Å²) in [6.07, 6.45) is 0. The summed E-state index contributed by atoms with van der Waals surface area (Å²) >= 11 is 0. The molecular formula is C13H9ClO2. The standard InChI is InChI=1S/C13H8O2.ClH/c14-13(15)11-7-3-6-10-8-4-1-2-5-9(8)12(10)11;/h1-7H,(H,14,15);1H. The first-order chi connectivity index (χ1) is 7.29. The molecule has 0 heterocycles. The highest BCUT2D eigenvalue weighted by Crippen LogP contribution is 2.48. The molecule has 2 aromatic rings. The van der Waals surface area contributed by atoms with Crippen LogP contribution in [-0.2, 0) is 0 Å². The molecule has 0 aliphatic heterocycles. The van der Waals surface area contributed by atoms with Crippen molar-refractivity contribution in [1.82, 2.24) is 0 Å². The third-order valence-electron chi connectivity index (χ3n) is 2.78. The first kappa shape index (κ1) is 10.7. The maximum Gasteiger partial charge on any atom is 0.336 e. The minimum Gasteiger partial charge on any atom is -0.478 e. The lowest BCUT2D eigenvalue weighted by Gasteiger charge is -2.25. The highest BCUT2D eigenvalue weighted by Gasteiger charge is 2.26. The topological polar surface area (TPSA) is 37.3 Å². The number of carboxylic acids is 1. The monoisotopic (exact) mass is 232 g/mol. The van der Waals surface area contributed by atoms with Crippen LogP contribution in [0, 0.1) is 0 Å². The molecule has 16 heavy (non-hydrogen) atoms. The summed E-state index contributed by atoms with van der Waals surface area (Å²) in [5, 5.41) is 9.05. The Bertz CT molecular complexity index is 576. The molecule has 0 spiro atoms. The van der Waals surface area contributed by atoms with Crippen LogP contribution in [0.15, 0.2) is 42.5 Å².